The zero-order valence-corrected chi connectivity index (χ0v) is 22.5. The molecule has 0 spiro atoms. The minimum Gasteiger partial charge on any atom is -0.491 e. The average Bonchev–Trinajstić information content (AvgIpc) is 2.71. The Hall–Kier alpha value is -1.06. The molecule has 2 atom stereocenters. The van der Waals surface area contributed by atoms with E-state index in [1.807, 2.05) is 0 Å². The van der Waals surface area contributed by atoms with Gasteiger partial charge in [-0.25, -0.2) is 4.99 Å². The molecule has 1 aromatic rings. The van der Waals surface area contributed by atoms with E-state index in [0.29, 0.717) is 25.7 Å². The molecule has 0 saturated carbocycles. The van der Waals surface area contributed by atoms with Crippen LogP contribution in [0.15, 0.2) is 23.2 Å². The summed E-state index contributed by atoms with van der Waals surface area (Å²) in [6, 6.07) is 6.25. The topological polar surface area (TPSA) is 64.1 Å². The fraction of sp³-hybridized carbons (Fsp3) is 0.708. The average molecular weight is 548 g/mol. The molecule has 31 heavy (non-hydrogen) atoms. The van der Waals surface area contributed by atoms with Crippen LogP contribution >= 0.6 is 24.0 Å². The van der Waals surface area contributed by atoms with Crippen molar-refractivity contribution < 1.29 is 14.2 Å². The van der Waals surface area contributed by atoms with Gasteiger partial charge in [0.15, 0.2) is 5.96 Å². The number of aliphatic imine (C=N–C) groups is 1. The first kappa shape index (κ1) is 28.0. The molecule has 7 heteroatoms. The van der Waals surface area contributed by atoms with E-state index >= 15 is 0 Å². The Morgan fingerprint density at radius 3 is 2.68 bits per heavy atom. The van der Waals surface area contributed by atoms with E-state index in [-0.39, 0.29) is 35.5 Å². The first-order valence-electron chi connectivity index (χ1n) is 11.2. The monoisotopic (exact) mass is 547 g/mol. The van der Waals surface area contributed by atoms with Crippen molar-refractivity contribution in [2.24, 2.45) is 16.3 Å². The van der Waals surface area contributed by atoms with Crippen molar-refractivity contribution >= 4 is 29.9 Å². The maximum Gasteiger partial charge on any atom is 0.191 e. The van der Waals surface area contributed by atoms with Gasteiger partial charge in [0.25, 0.3) is 0 Å². The number of benzene rings is 1. The summed E-state index contributed by atoms with van der Waals surface area (Å²) in [5.74, 6) is 2.19. The van der Waals surface area contributed by atoms with Gasteiger partial charge in [0.1, 0.15) is 12.4 Å². The lowest BCUT2D eigenvalue weighted by atomic mass is 9.78. The third-order valence-electron chi connectivity index (χ3n) is 5.35. The Kier molecular flexibility index (Phi) is 12.8. The number of hydrogen-bond donors (Lipinski definition) is 2. The van der Waals surface area contributed by atoms with Crippen LogP contribution in [-0.4, -0.2) is 52.1 Å². The van der Waals surface area contributed by atoms with E-state index in [1.54, 1.807) is 7.11 Å². The summed E-state index contributed by atoms with van der Waals surface area (Å²) >= 11 is 0. The lowest BCUT2D eigenvalue weighted by Gasteiger charge is -2.40. The maximum atomic E-state index is 6.12. The van der Waals surface area contributed by atoms with Crippen LogP contribution in [0.2, 0.25) is 0 Å². The lowest BCUT2D eigenvalue weighted by Crippen LogP contribution is -2.47. The lowest BCUT2D eigenvalue weighted by molar-refractivity contribution is -0.0835. The Morgan fingerprint density at radius 1 is 1.23 bits per heavy atom. The van der Waals surface area contributed by atoms with Crippen LogP contribution in [0, 0.1) is 18.3 Å². The Morgan fingerprint density at radius 2 is 2.00 bits per heavy atom. The van der Waals surface area contributed by atoms with Crippen LogP contribution in [0.4, 0.5) is 0 Å². The summed E-state index contributed by atoms with van der Waals surface area (Å²) in [5.41, 5.74) is 2.38. The van der Waals surface area contributed by atoms with Crippen LogP contribution in [0.25, 0.3) is 0 Å². The minimum absolute atomic E-state index is 0. The van der Waals surface area contributed by atoms with E-state index in [9.17, 15) is 0 Å². The normalized spacial score (nSPS) is 19.5. The molecule has 1 fully saturated rings. The Labute approximate surface area is 205 Å². The number of aryl methyl sites for hydroxylation is 1. The predicted molar refractivity (Wildman–Crippen MR) is 139 cm³/mol. The highest BCUT2D eigenvalue weighted by Gasteiger charge is 2.35. The zero-order chi connectivity index (χ0) is 22.0. The van der Waals surface area contributed by atoms with Gasteiger partial charge in [0, 0.05) is 38.3 Å². The van der Waals surface area contributed by atoms with Gasteiger partial charge in [-0.15, -0.1) is 24.0 Å². The van der Waals surface area contributed by atoms with Gasteiger partial charge < -0.3 is 24.8 Å². The molecule has 2 unspecified atom stereocenters. The van der Waals surface area contributed by atoms with Crippen LogP contribution in [0.3, 0.4) is 0 Å². The van der Waals surface area contributed by atoms with Crippen molar-refractivity contribution in [1.29, 1.82) is 0 Å². The van der Waals surface area contributed by atoms with Crippen molar-refractivity contribution in [2.45, 2.75) is 60.1 Å². The first-order chi connectivity index (χ1) is 14.3. The molecule has 1 aromatic carbocycles. The van der Waals surface area contributed by atoms with E-state index in [0.717, 1.165) is 43.4 Å². The fourth-order valence-electron chi connectivity index (χ4n) is 3.90. The molecule has 0 aromatic heterocycles. The Balaban J connectivity index is 0.00000480. The molecule has 0 bridgehead atoms. The number of ether oxygens (including phenoxy) is 3. The predicted octanol–water partition coefficient (Wildman–Crippen LogP) is 4.53. The second kappa shape index (κ2) is 14.2. The zero-order valence-electron chi connectivity index (χ0n) is 20.1. The highest BCUT2D eigenvalue weighted by Crippen LogP contribution is 2.33. The van der Waals surface area contributed by atoms with Crippen LogP contribution in [0.1, 0.15) is 51.7 Å². The molecule has 1 aliphatic heterocycles. The maximum absolute atomic E-state index is 6.12. The van der Waals surface area contributed by atoms with Gasteiger partial charge in [0.05, 0.1) is 19.3 Å². The van der Waals surface area contributed by atoms with Gasteiger partial charge in [-0.2, -0.15) is 0 Å². The van der Waals surface area contributed by atoms with E-state index < -0.39 is 0 Å². The summed E-state index contributed by atoms with van der Waals surface area (Å²) < 4.78 is 17.1. The molecular weight excluding hydrogens is 505 g/mol. The van der Waals surface area contributed by atoms with E-state index in [4.69, 9.17) is 19.2 Å². The number of hydrogen-bond acceptors (Lipinski definition) is 4. The van der Waals surface area contributed by atoms with Crippen LogP contribution in [0.5, 0.6) is 5.75 Å². The molecule has 178 valence electrons. The molecular formula is C24H42IN3O3. The summed E-state index contributed by atoms with van der Waals surface area (Å²) in [5, 5.41) is 6.91. The van der Waals surface area contributed by atoms with Gasteiger partial charge in [-0.1, -0.05) is 32.9 Å². The minimum atomic E-state index is 0. The molecule has 0 amide bonds. The van der Waals surface area contributed by atoms with E-state index in [2.05, 4.69) is 63.5 Å². The third kappa shape index (κ3) is 9.53. The van der Waals surface area contributed by atoms with Crippen LogP contribution in [-0.2, 0) is 16.0 Å². The number of halogens is 1. The third-order valence-corrected chi connectivity index (χ3v) is 5.35. The number of nitrogens with one attached hydrogen (secondary N) is 2. The number of rotatable bonds is 9. The van der Waals surface area contributed by atoms with Gasteiger partial charge in [0.2, 0.25) is 0 Å². The van der Waals surface area contributed by atoms with Gasteiger partial charge in [-0.3, -0.25) is 0 Å². The fourth-order valence-corrected chi connectivity index (χ4v) is 3.90. The second-order valence-corrected chi connectivity index (χ2v) is 9.09. The molecule has 2 rings (SSSR count). The molecule has 1 heterocycles. The Bertz CT molecular complexity index is 677. The standard InChI is InChI=1S/C24H41N3O3.HI/c1-7-25-23(27-17-20-9-8-12-30-22(20)24(3,4)5)26-16-19-11-10-18(2)15-21(19)29-14-13-28-6;/h10-11,15,20,22H,7-9,12-14,16-17H2,1-6H3,(H2,25,26,27);1H. The highest BCUT2D eigenvalue weighted by molar-refractivity contribution is 14.0. The van der Waals surface area contributed by atoms with E-state index in [1.165, 1.54) is 12.0 Å². The molecule has 6 nitrogen and oxygen atoms in total. The van der Waals surface area contributed by atoms with Crippen molar-refractivity contribution in [3.05, 3.63) is 29.3 Å². The quantitative estimate of drug-likeness (QED) is 0.206. The smallest absolute Gasteiger partial charge is 0.191 e. The second-order valence-electron chi connectivity index (χ2n) is 9.09. The number of methoxy groups -OCH3 is 1. The van der Waals surface area contributed by atoms with Crippen molar-refractivity contribution in [3.63, 3.8) is 0 Å². The number of nitrogens with zero attached hydrogens (tertiary/aromatic N) is 1. The van der Waals surface area contributed by atoms with Crippen molar-refractivity contribution in [3.8, 4) is 5.75 Å². The molecule has 1 saturated heterocycles. The van der Waals surface area contributed by atoms with Gasteiger partial charge >= 0.3 is 0 Å². The first-order valence-corrected chi connectivity index (χ1v) is 11.2. The van der Waals surface area contributed by atoms with Crippen molar-refractivity contribution in [2.75, 3.05) is 40.0 Å². The highest BCUT2D eigenvalue weighted by atomic mass is 127. The summed E-state index contributed by atoms with van der Waals surface area (Å²) in [4.78, 5) is 4.82. The molecule has 0 radical (unpaired) electrons. The molecule has 1 aliphatic rings. The molecule has 2 N–H and O–H groups in total. The summed E-state index contributed by atoms with van der Waals surface area (Å²) in [6.45, 7) is 15.1. The summed E-state index contributed by atoms with van der Waals surface area (Å²) in [6.07, 6.45) is 2.57. The largest absolute Gasteiger partial charge is 0.491 e. The number of guanidine groups is 1. The SMILES string of the molecule is CCNC(=NCc1ccc(C)cc1OCCOC)NCC1CCCOC1C(C)(C)C.I. The molecule has 0 aliphatic carbocycles. The van der Waals surface area contributed by atoms with Gasteiger partial charge in [-0.05, 0) is 43.7 Å². The van der Waals surface area contributed by atoms with Crippen molar-refractivity contribution in [1.82, 2.24) is 10.6 Å². The summed E-state index contributed by atoms with van der Waals surface area (Å²) in [7, 11) is 1.68. The van der Waals surface area contributed by atoms with Crippen LogP contribution < -0.4 is 15.4 Å².